The standard InChI is InChI=1S/C13H19FN2/c1-10-4-3-7-16(8-10)9-11-5-2-6-12(15)13(11)14/h2,5-6,10H,3-4,7-9,15H2,1H3/t10-/m0/s1. The van der Waals surface area contributed by atoms with Crippen LogP contribution < -0.4 is 5.73 Å². The Morgan fingerprint density at radius 3 is 3.06 bits per heavy atom. The van der Waals surface area contributed by atoms with Crippen LogP contribution in [0.4, 0.5) is 10.1 Å². The summed E-state index contributed by atoms with van der Waals surface area (Å²) >= 11 is 0. The average Bonchev–Trinajstić information content (AvgIpc) is 2.25. The van der Waals surface area contributed by atoms with E-state index in [2.05, 4.69) is 11.8 Å². The fraction of sp³-hybridized carbons (Fsp3) is 0.538. The molecule has 0 amide bonds. The van der Waals surface area contributed by atoms with Gasteiger partial charge in [-0.2, -0.15) is 0 Å². The highest BCUT2D eigenvalue weighted by Gasteiger charge is 2.17. The zero-order valence-electron chi connectivity index (χ0n) is 9.75. The van der Waals surface area contributed by atoms with E-state index < -0.39 is 0 Å². The molecule has 0 spiro atoms. The molecular formula is C13H19FN2. The predicted octanol–water partition coefficient (Wildman–Crippen LogP) is 2.64. The first kappa shape index (κ1) is 11.4. The Labute approximate surface area is 96.2 Å². The second kappa shape index (κ2) is 4.83. The zero-order chi connectivity index (χ0) is 11.5. The van der Waals surface area contributed by atoms with Crippen molar-refractivity contribution in [3.05, 3.63) is 29.6 Å². The van der Waals surface area contributed by atoms with E-state index in [9.17, 15) is 4.39 Å². The van der Waals surface area contributed by atoms with Gasteiger partial charge in [0, 0.05) is 18.7 Å². The van der Waals surface area contributed by atoms with E-state index in [1.54, 1.807) is 6.07 Å². The maximum Gasteiger partial charge on any atom is 0.150 e. The third kappa shape index (κ3) is 2.53. The molecular weight excluding hydrogens is 203 g/mol. The van der Waals surface area contributed by atoms with Gasteiger partial charge in [0.25, 0.3) is 0 Å². The van der Waals surface area contributed by atoms with Crippen LogP contribution in [0.25, 0.3) is 0 Å². The largest absolute Gasteiger partial charge is 0.396 e. The minimum absolute atomic E-state index is 0.249. The minimum atomic E-state index is -0.249. The lowest BCUT2D eigenvalue weighted by molar-refractivity contribution is 0.175. The molecule has 2 rings (SSSR count). The molecule has 0 radical (unpaired) electrons. The van der Waals surface area contributed by atoms with Crippen molar-refractivity contribution in [3.63, 3.8) is 0 Å². The summed E-state index contributed by atoms with van der Waals surface area (Å²) in [5.41, 5.74) is 6.53. The second-order valence-corrected chi connectivity index (χ2v) is 4.80. The third-order valence-electron chi connectivity index (χ3n) is 3.24. The molecule has 0 aliphatic carbocycles. The number of nitrogens with zero attached hydrogens (tertiary/aromatic N) is 1. The SMILES string of the molecule is C[C@H]1CCCN(Cc2cccc(N)c2F)C1. The van der Waals surface area contributed by atoms with Crippen molar-refractivity contribution in [2.24, 2.45) is 5.92 Å². The number of halogens is 1. The molecule has 0 bridgehead atoms. The van der Waals surface area contributed by atoms with Gasteiger partial charge >= 0.3 is 0 Å². The van der Waals surface area contributed by atoms with Gasteiger partial charge in [-0.05, 0) is 31.4 Å². The number of nitrogen functional groups attached to an aromatic ring is 1. The monoisotopic (exact) mass is 222 g/mol. The van der Waals surface area contributed by atoms with Gasteiger partial charge in [0.2, 0.25) is 0 Å². The smallest absolute Gasteiger partial charge is 0.150 e. The summed E-state index contributed by atoms with van der Waals surface area (Å²) in [6, 6.07) is 5.25. The van der Waals surface area contributed by atoms with Crippen LogP contribution in [0.2, 0.25) is 0 Å². The van der Waals surface area contributed by atoms with Gasteiger partial charge in [0.1, 0.15) is 0 Å². The van der Waals surface area contributed by atoms with Gasteiger partial charge in [-0.15, -0.1) is 0 Å². The van der Waals surface area contributed by atoms with E-state index in [1.807, 2.05) is 12.1 Å². The molecule has 1 aromatic rings. The summed E-state index contributed by atoms with van der Waals surface area (Å²) in [6.07, 6.45) is 2.50. The maximum atomic E-state index is 13.7. The highest BCUT2D eigenvalue weighted by Crippen LogP contribution is 2.21. The van der Waals surface area contributed by atoms with Crippen molar-refractivity contribution < 1.29 is 4.39 Å². The average molecular weight is 222 g/mol. The Morgan fingerprint density at radius 2 is 2.31 bits per heavy atom. The van der Waals surface area contributed by atoms with Crippen LogP contribution in [0, 0.1) is 11.7 Å². The van der Waals surface area contributed by atoms with E-state index in [-0.39, 0.29) is 11.5 Å². The van der Waals surface area contributed by atoms with Crippen LogP contribution >= 0.6 is 0 Å². The summed E-state index contributed by atoms with van der Waals surface area (Å²) in [4.78, 5) is 2.31. The summed E-state index contributed by atoms with van der Waals surface area (Å²) in [5.74, 6) is 0.471. The molecule has 1 atom stereocenters. The second-order valence-electron chi connectivity index (χ2n) is 4.80. The van der Waals surface area contributed by atoms with E-state index >= 15 is 0 Å². The van der Waals surface area contributed by atoms with Gasteiger partial charge in [0.15, 0.2) is 5.82 Å². The summed E-state index contributed by atoms with van der Waals surface area (Å²) in [5, 5.41) is 0. The van der Waals surface area contributed by atoms with Crippen LogP contribution in [0.5, 0.6) is 0 Å². The molecule has 0 saturated carbocycles. The van der Waals surface area contributed by atoms with Crippen LogP contribution in [-0.2, 0) is 6.54 Å². The van der Waals surface area contributed by atoms with E-state index in [4.69, 9.17) is 5.73 Å². The highest BCUT2D eigenvalue weighted by molar-refractivity contribution is 5.42. The molecule has 3 heteroatoms. The predicted molar refractivity (Wildman–Crippen MR) is 64.5 cm³/mol. The normalized spacial score (nSPS) is 22.2. The van der Waals surface area contributed by atoms with Crippen molar-refractivity contribution >= 4 is 5.69 Å². The number of hydrogen-bond donors (Lipinski definition) is 1. The molecule has 1 fully saturated rings. The Morgan fingerprint density at radius 1 is 1.50 bits per heavy atom. The van der Waals surface area contributed by atoms with Crippen molar-refractivity contribution in [1.29, 1.82) is 0 Å². The number of nitrogens with two attached hydrogens (primary N) is 1. The van der Waals surface area contributed by atoms with E-state index in [1.165, 1.54) is 12.8 Å². The Hall–Kier alpha value is -1.09. The van der Waals surface area contributed by atoms with Crippen LogP contribution in [-0.4, -0.2) is 18.0 Å². The number of anilines is 1. The Balaban J connectivity index is 2.05. The fourth-order valence-electron chi connectivity index (χ4n) is 2.39. The first-order valence-corrected chi connectivity index (χ1v) is 5.92. The fourth-order valence-corrected chi connectivity index (χ4v) is 2.39. The van der Waals surface area contributed by atoms with Gasteiger partial charge in [-0.1, -0.05) is 19.1 Å². The van der Waals surface area contributed by atoms with Crippen molar-refractivity contribution in [2.75, 3.05) is 18.8 Å². The number of hydrogen-bond acceptors (Lipinski definition) is 2. The molecule has 1 heterocycles. The molecule has 1 aliphatic heterocycles. The van der Waals surface area contributed by atoms with Crippen molar-refractivity contribution in [2.45, 2.75) is 26.3 Å². The van der Waals surface area contributed by atoms with Crippen LogP contribution in [0.3, 0.4) is 0 Å². The van der Waals surface area contributed by atoms with Crippen molar-refractivity contribution in [3.8, 4) is 0 Å². The molecule has 0 unspecified atom stereocenters. The quantitative estimate of drug-likeness (QED) is 0.779. The molecule has 1 aliphatic rings. The number of rotatable bonds is 2. The highest BCUT2D eigenvalue weighted by atomic mass is 19.1. The van der Waals surface area contributed by atoms with Crippen LogP contribution in [0.15, 0.2) is 18.2 Å². The molecule has 1 saturated heterocycles. The van der Waals surface area contributed by atoms with E-state index in [0.717, 1.165) is 19.0 Å². The first-order chi connectivity index (χ1) is 7.66. The summed E-state index contributed by atoms with van der Waals surface area (Å²) in [7, 11) is 0. The van der Waals surface area contributed by atoms with Gasteiger partial charge in [-0.3, -0.25) is 4.90 Å². The lowest BCUT2D eigenvalue weighted by atomic mass is 10.00. The first-order valence-electron chi connectivity index (χ1n) is 5.92. The lowest BCUT2D eigenvalue weighted by Gasteiger charge is -2.30. The minimum Gasteiger partial charge on any atom is -0.396 e. The number of likely N-dealkylation sites (tertiary alicyclic amines) is 1. The topological polar surface area (TPSA) is 29.3 Å². The summed E-state index contributed by atoms with van der Waals surface area (Å²) in [6.45, 7) is 5.07. The Kier molecular flexibility index (Phi) is 3.44. The maximum absolute atomic E-state index is 13.7. The van der Waals surface area contributed by atoms with Gasteiger partial charge in [0.05, 0.1) is 5.69 Å². The molecule has 0 aromatic heterocycles. The molecule has 88 valence electrons. The lowest BCUT2D eigenvalue weighted by Crippen LogP contribution is -2.34. The third-order valence-corrected chi connectivity index (χ3v) is 3.24. The van der Waals surface area contributed by atoms with E-state index in [0.29, 0.717) is 12.1 Å². The molecule has 2 N–H and O–H groups in total. The summed E-state index contributed by atoms with van der Waals surface area (Å²) < 4.78 is 13.7. The molecule has 1 aromatic carbocycles. The van der Waals surface area contributed by atoms with Gasteiger partial charge < -0.3 is 5.73 Å². The van der Waals surface area contributed by atoms with Gasteiger partial charge in [-0.25, -0.2) is 4.39 Å². The number of benzene rings is 1. The Bertz CT molecular complexity index is 365. The molecule has 16 heavy (non-hydrogen) atoms. The van der Waals surface area contributed by atoms with Crippen molar-refractivity contribution in [1.82, 2.24) is 4.90 Å². The van der Waals surface area contributed by atoms with Crippen LogP contribution in [0.1, 0.15) is 25.3 Å². The zero-order valence-corrected chi connectivity index (χ0v) is 9.75. The molecule has 2 nitrogen and oxygen atoms in total. The number of piperidine rings is 1.